The number of rotatable bonds is 7. The minimum Gasteiger partial charge on any atom is -0.490 e. The SMILES string of the molecule is CC(=O)N1CC2CC(c3ccc(OCCOc4c(Cl)cc(C)cc4Cl)cc3)=C(C(=O)O)[C@@H](C1)N2. The van der Waals surface area contributed by atoms with E-state index in [2.05, 4.69) is 5.32 Å². The lowest BCUT2D eigenvalue weighted by Crippen LogP contribution is -2.61. The third-order valence-corrected chi connectivity index (χ3v) is 6.59. The summed E-state index contributed by atoms with van der Waals surface area (Å²) in [6.07, 6.45) is 0.536. The first kappa shape index (κ1) is 24.4. The molecule has 7 nitrogen and oxygen atoms in total. The third-order valence-electron chi connectivity index (χ3n) is 6.02. The summed E-state index contributed by atoms with van der Waals surface area (Å²) in [5.74, 6) is 0.0629. The number of carboxylic acids is 1. The van der Waals surface area contributed by atoms with Crippen molar-refractivity contribution in [2.24, 2.45) is 0 Å². The Labute approximate surface area is 208 Å². The van der Waals surface area contributed by atoms with Gasteiger partial charge in [-0.05, 0) is 54.3 Å². The zero-order valence-corrected chi connectivity index (χ0v) is 20.4. The van der Waals surface area contributed by atoms with Gasteiger partial charge in [0.05, 0.1) is 21.7 Å². The molecule has 0 radical (unpaired) electrons. The first-order valence-corrected chi connectivity index (χ1v) is 11.8. The largest absolute Gasteiger partial charge is 0.490 e. The minimum atomic E-state index is -0.970. The van der Waals surface area contributed by atoms with Gasteiger partial charge in [0.2, 0.25) is 5.91 Å². The number of aliphatic carboxylic acids is 1. The molecule has 2 aromatic rings. The number of nitrogens with zero attached hydrogens (tertiary/aromatic N) is 1. The maximum Gasteiger partial charge on any atom is 0.333 e. The molecule has 2 aliphatic rings. The molecule has 0 spiro atoms. The number of carboxylic acid groups (broad SMARTS) is 1. The van der Waals surface area contributed by atoms with Crippen LogP contribution in [-0.2, 0) is 9.59 Å². The van der Waals surface area contributed by atoms with Crippen LogP contribution in [0.1, 0.15) is 24.5 Å². The van der Waals surface area contributed by atoms with Crippen molar-refractivity contribution < 1.29 is 24.2 Å². The van der Waals surface area contributed by atoms with Crippen molar-refractivity contribution in [3.8, 4) is 11.5 Å². The molecule has 1 fully saturated rings. The van der Waals surface area contributed by atoms with E-state index in [9.17, 15) is 14.7 Å². The molecular formula is C25H26Cl2N2O5. The number of nitrogens with one attached hydrogen (secondary N) is 1. The van der Waals surface area contributed by atoms with Gasteiger partial charge in [-0.3, -0.25) is 4.79 Å². The predicted octanol–water partition coefficient (Wildman–Crippen LogP) is 4.19. The van der Waals surface area contributed by atoms with Gasteiger partial charge in [0.25, 0.3) is 0 Å². The van der Waals surface area contributed by atoms with Crippen LogP contribution in [0.25, 0.3) is 5.57 Å². The van der Waals surface area contributed by atoms with Gasteiger partial charge in [0, 0.05) is 26.1 Å². The van der Waals surface area contributed by atoms with E-state index >= 15 is 0 Å². The summed E-state index contributed by atoms with van der Waals surface area (Å²) in [6, 6.07) is 10.6. The Bertz CT molecular complexity index is 1110. The maximum absolute atomic E-state index is 12.1. The molecule has 2 heterocycles. The quantitative estimate of drug-likeness (QED) is 0.549. The van der Waals surface area contributed by atoms with Crippen molar-refractivity contribution in [1.29, 1.82) is 0 Å². The predicted molar refractivity (Wildman–Crippen MR) is 131 cm³/mol. The van der Waals surface area contributed by atoms with E-state index in [1.165, 1.54) is 6.92 Å². The van der Waals surface area contributed by atoms with Gasteiger partial charge in [-0.15, -0.1) is 0 Å². The Morgan fingerprint density at radius 2 is 1.74 bits per heavy atom. The van der Waals surface area contributed by atoms with Gasteiger partial charge in [-0.2, -0.15) is 0 Å². The van der Waals surface area contributed by atoms with Crippen LogP contribution < -0.4 is 14.8 Å². The van der Waals surface area contributed by atoms with Crippen LogP contribution >= 0.6 is 23.2 Å². The molecule has 4 rings (SSSR count). The van der Waals surface area contributed by atoms with Crippen molar-refractivity contribution >= 4 is 40.7 Å². The molecular weight excluding hydrogens is 479 g/mol. The molecule has 1 saturated heterocycles. The Morgan fingerprint density at radius 1 is 1.09 bits per heavy atom. The first-order chi connectivity index (χ1) is 16.2. The highest BCUT2D eigenvalue weighted by Gasteiger charge is 2.39. The number of halogens is 2. The fourth-order valence-corrected chi connectivity index (χ4v) is 5.21. The van der Waals surface area contributed by atoms with Crippen LogP contribution in [-0.4, -0.2) is 60.3 Å². The summed E-state index contributed by atoms with van der Waals surface area (Å²) in [5.41, 5.74) is 2.90. The number of fused-ring (bicyclic) bond motifs is 2. The van der Waals surface area contributed by atoms with E-state index in [1.54, 1.807) is 17.0 Å². The number of benzene rings is 2. The molecule has 2 N–H and O–H groups in total. The lowest BCUT2D eigenvalue weighted by atomic mass is 9.83. The van der Waals surface area contributed by atoms with Gasteiger partial charge in [-0.1, -0.05) is 35.3 Å². The lowest BCUT2D eigenvalue weighted by Gasteiger charge is -2.43. The normalized spacial score (nSPS) is 19.7. The molecule has 0 aliphatic carbocycles. The number of aryl methyl sites for hydroxylation is 1. The number of carbonyl (C=O) groups is 2. The average Bonchev–Trinajstić information content (AvgIpc) is 2.77. The van der Waals surface area contributed by atoms with Crippen molar-refractivity contribution in [1.82, 2.24) is 10.2 Å². The molecule has 180 valence electrons. The van der Waals surface area contributed by atoms with E-state index in [4.69, 9.17) is 32.7 Å². The van der Waals surface area contributed by atoms with Crippen LogP contribution in [0.5, 0.6) is 11.5 Å². The topological polar surface area (TPSA) is 88.1 Å². The summed E-state index contributed by atoms with van der Waals surface area (Å²) < 4.78 is 11.4. The lowest BCUT2D eigenvalue weighted by molar-refractivity contribution is -0.135. The Kier molecular flexibility index (Phi) is 7.36. The fourth-order valence-electron chi connectivity index (χ4n) is 4.50. The third kappa shape index (κ3) is 5.32. The molecule has 2 bridgehead atoms. The zero-order valence-electron chi connectivity index (χ0n) is 18.9. The first-order valence-electron chi connectivity index (χ1n) is 11.0. The van der Waals surface area contributed by atoms with Gasteiger partial charge < -0.3 is 24.8 Å². The summed E-state index contributed by atoms with van der Waals surface area (Å²) >= 11 is 12.4. The van der Waals surface area contributed by atoms with Crippen LogP contribution in [0.2, 0.25) is 10.0 Å². The minimum absolute atomic E-state index is 0.0225. The van der Waals surface area contributed by atoms with E-state index < -0.39 is 12.0 Å². The van der Waals surface area contributed by atoms with E-state index in [0.717, 1.165) is 16.7 Å². The molecule has 2 atom stereocenters. The smallest absolute Gasteiger partial charge is 0.333 e. The van der Waals surface area contributed by atoms with Crippen molar-refractivity contribution in [3.63, 3.8) is 0 Å². The molecule has 1 amide bonds. The van der Waals surface area contributed by atoms with Crippen LogP contribution in [0.4, 0.5) is 0 Å². The second-order valence-corrected chi connectivity index (χ2v) is 9.34. The molecule has 2 aliphatic heterocycles. The fraction of sp³-hybridized carbons (Fsp3) is 0.360. The summed E-state index contributed by atoms with van der Waals surface area (Å²) in [5, 5.41) is 14.2. The number of hydrogen-bond acceptors (Lipinski definition) is 5. The number of amides is 1. The van der Waals surface area contributed by atoms with Crippen molar-refractivity contribution in [2.75, 3.05) is 26.3 Å². The zero-order chi connectivity index (χ0) is 24.4. The van der Waals surface area contributed by atoms with E-state index in [1.807, 2.05) is 31.2 Å². The summed E-state index contributed by atoms with van der Waals surface area (Å²) in [4.78, 5) is 25.6. The molecule has 0 saturated carbocycles. The molecule has 0 aromatic heterocycles. The summed E-state index contributed by atoms with van der Waals surface area (Å²) in [6.45, 7) is 4.89. The second kappa shape index (κ2) is 10.3. The number of piperazine rings is 1. The Morgan fingerprint density at radius 3 is 2.35 bits per heavy atom. The average molecular weight is 505 g/mol. The monoisotopic (exact) mass is 504 g/mol. The van der Waals surface area contributed by atoms with Crippen LogP contribution in [0.15, 0.2) is 42.0 Å². The van der Waals surface area contributed by atoms with Crippen LogP contribution in [0.3, 0.4) is 0 Å². The van der Waals surface area contributed by atoms with Crippen molar-refractivity contribution in [3.05, 3.63) is 63.1 Å². The van der Waals surface area contributed by atoms with Crippen molar-refractivity contribution in [2.45, 2.75) is 32.4 Å². The van der Waals surface area contributed by atoms with Gasteiger partial charge in [0.1, 0.15) is 19.0 Å². The number of carbonyl (C=O) groups excluding carboxylic acids is 1. The Balaban J connectivity index is 1.41. The highest BCUT2D eigenvalue weighted by Crippen LogP contribution is 2.35. The van der Waals surface area contributed by atoms with Gasteiger partial charge in [0.15, 0.2) is 5.75 Å². The van der Waals surface area contributed by atoms with Crippen LogP contribution in [0, 0.1) is 6.92 Å². The number of hydrogen-bond donors (Lipinski definition) is 2. The second-order valence-electron chi connectivity index (χ2n) is 8.52. The molecule has 9 heteroatoms. The van der Waals surface area contributed by atoms with E-state index in [0.29, 0.717) is 46.6 Å². The standard InChI is InChI=1S/C25H26Cl2N2O5/c1-14-9-20(26)24(21(27)10-14)34-8-7-33-18-5-3-16(4-6-18)19-11-17-12-29(15(2)30)13-22(28-17)23(19)25(31)32/h3-6,9-10,17,22,28H,7-8,11-13H2,1-2H3,(H,31,32)/t17?,22-/m1/s1. The van der Waals surface area contributed by atoms with Gasteiger partial charge in [-0.25, -0.2) is 4.79 Å². The highest BCUT2D eigenvalue weighted by atomic mass is 35.5. The molecule has 1 unspecified atom stereocenters. The van der Waals surface area contributed by atoms with Gasteiger partial charge >= 0.3 is 5.97 Å². The summed E-state index contributed by atoms with van der Waals surface area (Å²) in [7, 11) is 0. The highest BCUT2D eigenvalue weighted by molar-refractivity contribution is 6.37. The molecule has 2 aromatic carbocycles. The van der Waals surface area contributed by atoms with E-state index in [-0.39, 0.29) is 25.2 Å². The number of ether oxygens (including phenoxy) is 2. The molecule has 34 heavy (non-hydrogen) atoms. The Hall–Kier alpha value is -2.74. The maximum atomic E-state index is 12.1.